The van der Waals surface area contributed by atoms with Gasteiger partial charge < -0.3 is 4.74 Å². The van der Waals surface area contributed by atoms with Crippen molar-refractivity contribution in [1.82, 2.24) is 0 Å². The van der Waals surface area contributed by atoms with E-state index in [2.05, 4.69) is 0 Å². The Hall–Kier alpha value is -2.16. The molecule has 0 radical (unpaired) electrons. The van der Waals surface area contributed by atoms with E-state index in [1.807, 2.05) is 24.3 Å². The van der Waals surface area contributed by atoms with E-state index in [9.17, 15) is 9.59 Å². The number of allylic oxidation sites excluding steroid dienone is 3. The molecule has 1 aliphatic rings. The fourth-order valence-corrected chi connectivity index (χ4v) is 2.01. The normalized spacial score (nSPS) is 15.5. The van der Waals surface area contributed by atoms with Gasteiger partial charge in [-0.1, -0.05) is 36.4 Å². The van der Waals surface area contributed by atoms with Gasteiger partial charge in [0, 0.05) is 0 Å². The van der Waals surface area contributed by atoms with Crippen molar-refractivity contribution in [2.75, 3.05) is 0 Å². The van der Waals surface area contributed by atoms with Gasteiger partial charge in [0.2, 0.25) is 0 Å². The molecule has 0 N–H and O–H groups in total. The first-order chi connectivity index (χ1) is 9.18. The Kier molecular flexibility index (Phi) is 4.29. The summed E-state index contributed by atoms with van der Waals surface area (Å²) < 4.78 is 5.35. The lowest BCUT2D eigenvalue weighted by molar-refractivity contribution is -0.123. The number of benzene rings is 1. The van der Waals surface area contributed by atoms with Gasteiger partial charge in [-0.15, -0.1) is 0 Å². The zero-order valence-electron chi connectivity index (χ0n) is 10.8. The third kappa shape index (κ3) is 3.41. The van der Waals surface area contributed by atoms with Gasteiger partial charge in [-0.05, 0) is 37.5 Å². The van der Waals surface area contributed by atoms with Crippen LogP contribution in [-0.4, -0.2) is 17.9 Å². The third-order valence-corrected chi connectivity index (χ3v) is 2.99. The summed E-state index contributed by atoms with van der Waals surface area (Å²) in [5.41, 5.74) is 1.32. The summed E-state index contributed by atoms with van der Waals surface area (Å²) in [5.74, 6) is -0.609. The van der Waals surface area contributed by atoms with Crippen LogP contribution < -0.4 is 0 Å². The molecule has 1 aliphatic carbocycles. The maximum Gasteiger partial charge on any atom is 0.339 e. The highest BCUT2D eigenvalue weighted by molar-refractivity contribution is 5.93. The Labute approximate surface area is 112 Å². The third-order valence-electron chi connectivity index (χ3n) is 2.99. The fraction of sp³-hybridized carbons (Fsp3) is 0.250. The van der Waals surface area contributed by atoms with Crippen LogP contribution in [0.5, 0.6) is 0 Å². The van der Waals surface area contributed by atoms with Crippen molar-refractivity contribution in [3.8, 4) is 0 Å². The van der Waals surface area contributed by atoms with Crippen molar-refractivity contribution in [2.24, 2.45) is 0 Å². The summed E-state index contributed by atoms with van der Waals surface area (Å²) in [5, 5.41) is 0. The number of carbonyl (C=O) groups is 2. The molecule has 1 unspecified atom stereocenters. The van der Waals surface area contributed by atoms with Gasteiger partial charge in [-0.2, -0.15) is 0 Å². The van der Waals surface area contributed by atoms with Crippen molar-refractivity contribution >= 4 is 11.8 Å². The maximum atomic E-state index is 12.0. The molecule has 3 heteroatoms. The number of rotatable bonds is 4. The van der Waals surface area contributed by atoms with Crippen LogP contribution in [-0.2, 0) is 9.53 Å². The van der Waals surface area contributed by atoms with E-state index in [4.69, 9.17) is 4.74 Å². The summed E-state index contributed by atoms with van der Waals surface area (Å²) in [6.45, 7) is 1.45. The molecule has 0 aromatic heterocycles. The predicted molar refractivity (Wildman–Crippen MR) is 72.8 cm³/mol. The molecule has 0 saturated heterocycles. The number of esters is 1. The molecule has 3 nitrogen and oxygen atoms in total. The molecule has 98 valence electrons. The molecule has 0 bridgehead atoms. The largest absolute Gasteiger partial charge is 0.446 e. The van der Waals surface area contributed by atoms with Crippen molar-refractivity contribution in [3.05, 3.63) is 59.7 Å². The van der Waals surface area contributed by atoms with Crippen LogP contribution in [0, 0.1) is 0 Å². The molecule has 1 aromatic rings. The van der Waals surface area contributed by atoms with Crippen LogP contribution in [0.25, 0.3) is 0 Å². The van der Waals surface area contributed by atoms with Gasteiger partial charge in [0.25, 0.3) is 0 Å². The number of carbonyl (C=O) groups excluding carboxylic acids is 2. The van der Waals surface area contributed by atoms with Crippen LogP contribution in [0.1, 0.15) is 30.1 Å². The van der Waals surface area contributed by atoms with Crippen LogP contribution in [0.3, 0.4) is 0 Å². The van der Waals surface area contributed by atoms with Crippen molar-refractivity contribution in [2.45, 2.75) is 25.9 Å². The minimum absolute atomic E-state index is 0.147. The summed E-state index contributed by atoms with van der Waals surface area (Å²) in [7, 11) is 0. The fourth-order valence-electron chi connectivity index (χ4n) is 2.01. The Balaban J connectivity index is 2.14. The molecule has 0 amide bonds. The minimum Gasteiger partial charge on any atom is -0.446 e. The zero-order chi connectivity index (χ0) is 13.7. The highest BCUT2D eigenvalue weighted by Gasteiger charge is 2.24. The standard InChI is InChI=1S/C16H16O3/c1-12(17)15(13-8-4-2-5-9-13)19-16(18)14-10-6-3-7-11-14/h2-4,6-8,10-11,15H,5,9H2,1H3. The average molecular weight is 256 g/mol. The molecule has 19 heavy (non-hydrogen) atoms. The molecule has 0 spiro atoms. The van der Waals surface area contributed by atoms with Crippen molar-refractivity contribution < 1.29 is 14.3 Å². The van der Waals surface area contributed by atoms with Gasteiger partial charge in [-0.3, -0.25) is 4.79 Å². The number of Topliss-reactive ketones (excluding diaryl/α,β-unsaturated/α-hetero) is 1. The Morgan fingerprint density at radius 2 is 1.95 bits per heavy atom. The van der Waals surface area contributed by atoms with E-state index in [0.29, 0.717) is 5.56 Å². The van der Waals surface area contributed by atoms with E-state index < -0.39 is 12.1 Å². The van der Waals surface area contributed by atoms with E-state index in [0.717, 1.165) is 18.4 Å². The lowest BCUT2D eigenvalue weighted by Gasteiger charge is -2.19. The summed E-state index contributed by atoms with van der Waals surface area (Å²) >= 11 is 0. The van der Waals surface area contributed by atoms with Gasteiger partial charge in [-0.25, -0.2) is 4.79 Å². The van der Waals surface area contributed by atoms with Crippen molar-refractivity contribution in [1.29, 1.82) is 0 Å². The topological polar surface area (TPSA) is 43.4 Å². The number of hydrogen-bond donors (Lipinski definition) is 0. The van der Waals surface area contributed by atoms with E-state index in [-0.39, 0.29) is 5.78 Å². The van der Waals surface area contributed by atoms with Crippen LogP contribution >= 0.6 is 0 Å². The monoisotopic (exact) mass is 256 g/mol. The van der Waals surface area contributed by atoms with E-state index in [1.54, 1.807) is 24.3 Å². The second-order valence-corrected chi connectivity index (χ2v) is 4.47. The van der Waals surface area contributed by atoms with E-state index >= 15 is 0 Å². The van der Waals surface area contributed by atoms with Gasteiger partial charge in [0.05, 0.1) is 5.56 Å². The molecule has 1 aromatic carbocycles. The highest BCUT2D eigenvalue weighted by atomic mass is 16.5. The maximum absolute atomic E-state index is 12.0. The summed E-state index contributed by atoms with van der Waals surface area (Å²) in [6, 6.07) is 8.71. The first kappa shape index (κ1) is 13.3. The van der Waals surface area contributed by atoms with Crippen LogP contribution in [0.2, 0.25) is 0 Å². The molecular formula is C16H16O3. The molecule has 1 atom stereocenters. The zero-order valence-corrected chi connectivity index (χ0v) is 10.8. The second-order valence-electron chi connectivity index (χ2n) is 4.47. The van der Waals surface area contributed by atoms with E-state index in [1.165, 1.54) is 6.92 Å². The van der Waals surface area contributed by atoms with Gasteiger partial charge in [0.1, 0.15) is 0 Å². The lowest BCUT2D eigenvalue weighted by Crippen LogP contribution is -2.28. The Morgan fingerprint density at radius 3 is 2.53 bits per heavy atom. The first-order valence-electron chi connectivity index (χ1n) is 6.30. The smallest absolute Gasteiger partial charge is 0.339 e. The van der Waals surface area contributed by atoms with Crippen molar-refractivity contribution in [3.63, 3.8) is 0 Å². The predicted octanol–water partition coefficient (Wildman–Crippen LogP) is 3.08. The highest BCUT2D eigenvalue weighted by Crippen LogP contribution is 2.20. The number of ketones is 1. The lowest BCUT2D eigenvalue weighted by atomic mass is 9.97. The first-order valence-corrected chi connectivity index (χ1v) is 6.30. The number of hydrogen-bond acceptors (Lipinski definition) is 3. The molecule has 0 saturated carbocycles. The van der Waals surface area contributed by atoms with Gasteiger partial charge in [0.15, 0.2) is 11.9 Å². The summed E-state index contributed by atoms with van der Waals surface area (Å²) in [6.07, 6.45) is 6.64. The second kappa shape index (κ2) is 6.14. The summed E-state index contributed by atoms with van der Waals surface area (Å²) in [4.78, 5) is 23.7. The average Bonchev–Trinajstić information content (AvgIpc) is 2.46. The molecular weight excluding hydrogens is 240 g/mol. The minimum atomic E-state index is -0.766. The Morgan fingerprint density at radius 1 is 1.21 bits per heavy atom. The van der Waals surface area contributed by atoms with Crippen LogP contribution in [0.15, 0.2) is 54.1 Å². The molecule has 0 heterocycles. The van der Waals surface area contributed by atoms with Crippen LogP contribution in [0.4, 0.5) is 0 Å². The SMILES string of the molecule is CC(=O)C(OC(=O)c1ccccc1)C1=CC=CCC1. The molecule has 2 rings (SSSR count). The molecule has 0 aliphatic heterocycles. The number of ether oxygens (including phenoxy) is 1. The quantitative estimate of drug-likeness (QED) is 0.777. The molecule has 0 fully saturated rings. The van der Waals surface area contributed by atoms with Gasteiger partial charge >= 0.3 is 5.97 Å². The Bertz CT molecular complexity index is 526.